The van der Waals surface area contributed by atoms with Crippen LogP contribution in [0.3, 0.4) is 0 Å². The first-order chi connectivity index (χ1) is 16.0. The van der Waals surface area contributed by atoms with Crippen molar-refractivity contribution in [3.8, 4) is 0 Å². The van der Waals surface area contributed by atoms with Gasteiger partial charge in [0.15, 0.2) is 5.65 Å². The number of benzene rings is 1. The van der Waals surface area contributed by atoms with Gasteiger partial charge in [0.25, 0.3) is 5.56 Å². The Hall–Kier alpha value is -3.03. The summed E-state index contributed by atoms with van der Waals surface area (Å²) in [7, 11) is 0. The summed E-state index contributed by atoms with van der Waals surface area (Å²) < 4.78 is 16.6. The van der Waals surface area contributed by atoms with Crippen molar-refractivity contribution in [2.75, 3.05) is 6.54 Å². The maximum atomic E-state index is 13.5. The van der Waals surface area contributed by atoms with Crippen molar-refractivity contribution in [1.29, 1.82) is 0 Å². The lowest BCUT2D eigenvalue weighted by Gasteiger charge is -2.55. The van der Waals surface area contributed by atoms with E-state index in [-0.39, 0.29) is 29.2 Å². The summed E-state index contributed by atoms with van der Waals surface area (Å²) in [6, 6.07) is 6.18. The van der Waals surface area contributed by atoms with Gasteiger partial charge in [0.05, 0.1) is 19.3 Å². The number of hydrogen-bond donors (Lipinski definition) is 1. The Morgan fingerprint density at radius 3 is 2.58 bits per heavy atom. The van der Waals surface area contributed by atoms with Gasteiger partial charge in [-0.1, -0.05) is 12.1 Å². The summed E-state index contributed by atoms with van der Waals surface area (Å²) in [5.74, 6) is 2.06. The molecule has 0 spiro atoms. The highest BCUT2D eigenvalue weighted by molar-refractivity contribution is 5.83. The second-order valence-corrected chi connectivity index (χ2v) is 10.4. The first-order valence-corrected chi connectivity index (χ1v) is 11.9. The molecule has 4 bridgehead atoms. The highest BCUT2D eigenvalue weighted by Gasteiger charge is 2.54. The molecule has 0 aliphatic heterocycles. The molecule has 0 saturated heterocycles. The SMILES string of the molecule is O=C(NCCn1ncc2c(=O)n(Cc3cccc(F)c3)cnc21)C12CC3CC(CC(C3)C1)C2. The molecular weight excluding hydrogens is 421 g/mol. The highest BCUT2D eigenvalue weighted by Crippen LogP contribution is 2.60. The van der Waals surface area contributed by atoms with E-state index < -0.39 is 0 Å². The van der Waals surface area contributed by atoms with Gasteiger partial charge in [-0.2, -0.15) is 5.10 Å². The van der Waals surface area contributed by atoms with Crippen molar-refractivity contribution in [3.05, 3.63) is 58.5 Å². The van der Waals surface area contributed by atoms with Gasteiger partial charge in [0.1, 0.15) is 17.5 Å². The lowest BCUT2D eigenvalue weighted by Crippen LogP contribution is -2.53. The van der Waals surface area contributed by atoms with E-state index >= 15 is 0 Å². The lowest BCUT2D eigenvalue weighted by atomic mass is 9.49. The van der Waals surface area contributed by atoms with Crippen LogP contribution in [0.25, 0.3) is 11.0 Å². The van der Waals surface area contributed by atoms with E-state index in [1.807, 2.05) is 0 Å². The van der Waals surface area contributed by atoms with Crippen LogP contribution in [-0.4, -0.2) is 31.8 Å². The van der Waals surface area contributed by atoms with Crippen LogP contribution in [0, 0.1) is 29.0 Å². The molecule has 33 heavy (non-hydrogen) atoms. The number of aromatic nitrogens is 4. The standard InChI is InChI=1S/C25H28FN5O2/c26-20-3-1-2-16(9-20)14-30-15-28-22-21(23(30)32)13-29-31(22)5-4-27-24(33)25-10-17-6-18(11-25)8-19(7-17)12-25/h1-3,9,13,15,17-19H,4-8,10-12,14H2,(H,27,33). The van der Waals surface area contributed by atoms with E-state index in [2.05, 4.69) is 15.4 Å². The molecule has 4 fully saturated rings. The predicted molar refractivity (Wildman–Crippen MR) is 121 cm³/mol. The number of fused-ring (bicyclic) bond motifs is 1. The van der Waals surface area contributed by atoms with Gasteiger partial charge < -0.3 is 5.32 Å². The quantitative estimate of drug-likeness (QED) is 0.627. The first kappa shape index (κ1) is 20.6. The number of rotatable bonds is 6. The Bertz CT molecular complexity index is 1240. The molecule has 1 aromatic carbocycles. The van der Waals surface area contributed by atoms with E-state index in [9.17, 15) is 14.0 Å². The Morgan fingerprint density at radius 1 is 1.15 bits per heavy atom. The van der Waals surface area contributed by atoms with Gasteiger partial charge in [0.2, 0.25) is 5.91 Å². The molecule has 1 amide bonds. The molecule has 4 aliphatic carbocycles. The van der Waals surface area contributed by atoms with Gasteiger partial charge in [-0.3, -0.25) is 14.2 Å². The minimum absolute atomic E-state index is 0.163. The molecule has 4 saturated carbocycles. The predicted octanol–water partition coefficient (Wildman–Crippen LogP) is 3.11. The van der Waals surface area contributed by atoms with Crippen molar-refractivity contribution >= 4 is 16.9 Å². The molecule has 4 aliphatic rings. The average molecular weight is 450 g/mol. The molecule has 8 heteroatoms. The topological polar surface area (TPSA) is 81.8 Å². The fraction of sp³-hybridized carbons (Fsp3) is 0.520. The van der Waals surface area contributed by atoms with E-state index in [0.29, 0.717) is 29.7 Å². The summed E-state index contributed by atoms with van der Waals surface area (Å²) in [6.07, 6.45) is 10.1. The largest absolute Gasteiger partial charge is 0.354 e. The number of carbonyl (C=O) groups is 1. The van der Waals surface area contributed by atoms with Gasteiger partial charge in [0, 0.05) is 12.0 Å². The molecule has 0 radical (unpaired) electrons. The first-order valence-electron chi connectivity index (χ1n) is 11.9. The van der Waals surface area contributed by atoms with Crippen LogP contribution < -0.4 is 10.9 Å². The maximum Gasteiger partial charge on any atom is 0.264 e. The second-order valence-electron chi connectivity index (χ2n) is 10.4. The van der Waals surface area contributed by atoms with Crippen LogP contribution in [0.15, 0.2) is 41.6 Å². The maximum absolute atomic E-state index is 13.5. The number of carbonyl (C=O) groups excluding carboxylic acids is 1. The van der Waals surface area contributed by atoms with Crippen LogP contribution in [0.2, 0.25) is 0 Å². The molecule has 7 rings (SSSR count). The van der Waals surface area contributed by atoms with Crippen molar-refractivity contribution in [1.82, 2.24) is 24.6 Å². The number of halogens is 1. The zero-order valence-electron chi connectivity index (χ0n) is 18.5. The number of hydrogen-bond acceptors (Lipinski definition) is 4. The van der Waals surface area contributed by atoms with Crippen molar-refractivity contribution in [2.45, 2.75) is 51.6 Å². The molecule has 0 atom stereocenters. The fourth-order valence-corrected chi connectivity index (χ4v) is 6.96. The van der Waals surface area contributed by atoms with Crippen LogP contribution >= 0.6 is 0 Å². The zero-order chi connectivity index (χ0) is 22.6. The molecule has 7 nitrogen and oxygen atoms in total. The van der Waals surface area contributed by atoms with Gasteiger partial charge in [-0.25, -0.2) is 14.1 Å². The summed E-state index contributed by atoms with van der Waals surface area (Å²) in [5.41, 5.74) is 0.815. The van der Waals surface area contributed by atoms with Crippen LogP contribution in [-0.2, 0) is 17.9 Å². The number of nitrogens with one attached hydrogen (secondary N) is 1. The molecule has 1 N–H and O–H groups in total. The molecule has 2 heterocycles. The van der Waals surface area contributed by atoms with E-state index in [0.717, 1.165) is 37.0 Å². The van der Waals surface area contributed by atoms with E-state index in [4.69, 9.17) is 0 Å². The summed E-state index contributed by atoms with van der Waals surface area (Å²) in [6.45, 7) is 1.17. The molecule has 172 valence electrons. The average Bonchev–Trinajstić information content (AvgIpc) is 3.18. The van der Waals surface area contributed by atoms with Gasteiger partial charge >= 0.3 is 0 Å². The Morgan fingerprint density at radius 2 is 1.88 bits per heavy atom. The summed E-state index contributed by atoms with van der Waals surface area (Å²) in [5, 5.41) is 7.92. The van der Waals surface area contributed by atoms with Gasteiger partial charge in [-0.15, -0.1) is 0 Å². The molecular formula is C25H28FN5O2. The monoisotopic (exact) mass is 449 g/mol. The second kappa shape index (κ2) is 7.78. The minimum atomic E-state index is -0.335. The van der Waals surface area contributed by atoms with Crippen molar-refractivity contribution in [3.63, 3.8) is 0 Å². The van der Waals surface area contributed by atoms with Crippen LogP contribution in [0.1, 0.15) is 44.1 Å². The number of nitrogens with zero attached hydrogens (tertiary/aromatic N) is 4. The van der Waals surface area contributed by atoms with Gasteiger partial charge in [-0.05, 0) is 74.0 Å². The molecule has 0 unspecified atom stereocenters. The third-order valence-corrected chi connectivity index (χ3v) is 7.99. The zero-order valence-corrected chi connectivity index (χ0v) is 18.5. The Balaban J connectivity index is 1.13. The molecule has 2 aromatic heterocycles. The van der Waals surface area contributed by atoms with Crippen LogP contribution in [0.4, 0.5) is 4.39 Å². The Kier molecular flexibility index (Phi) is 4.85. The lowest BCUT2D eigenvalue weighted by molar-refractivity contribution is -0.146. The summed E-state index contributed by atoms with van der Waals surface area (Å²) >= 11 is 0. The normalized spacial score (nSPS) is 27.8. The smallest absolute Gasteiger partial charge is 0.264 e. The Labute approximate surface area is 191 Å². The third kappa shape index (κ3) is 3.65. The van der Waals surface area contributed by atoms with E-state index in [1.165, 1.54) is 48.5 Å². The third-order valence-electron chi connectivity index (χ3n) is 7.99. The minimum Gasteiger partial charge on any atom is -0.354 e. The van der Waals surface area contributed by atoms with Crippen LogP contribution in [0.5, 0.6) is 0 Å². The number of amides is 1. The van der Waals surface area contributed by atoms with Crippen molar-refractivity contribution in [2.24, 2.45) is 23.2 Å². The van der Waals surface area contributed by atoms with E-state index in [1.54, 1.807) is 16.8 Å². The van der Waals surface area contributed by atoms with Crippen molar-refractivity contribution < 1.29 is 9.18 Å². The summed E-state index contributed by atoms with van der Waals surface area (Å²) in [4.78, 5) is 30.5. The fourth-order valence-electron chi connectivity index (χ4n) is 6.96. The highest BCUT2D eigenvalue weighted by atomic mass is 19.1. The molecule has 3 aromatic rings.